The van der Waals surface area contributed by atoms with Gasteiger partial charge in [-0.15, -0.1) is 0 Å². The van der Waals surface area contributed by atoms with Gasteiger partial charge >= 0.3 is 0 Å². The highest BCUT2D eigenvalue weighted by atomic mass is 16.5. The molecule has 3 rings (SSSR count). The summed E-state index contributed by atoms with van der Waals surface area (Å²) in [7, 11) is 3.14. The van der Waals surface area contributed by atoms with Gasteiger partial charge in [-0.3, -0.25) is 9.78 Å². The second kappa shape index (κ2) is 7.74. The van der Waals surface area contributed by atoms with E-state index in [9.17, 15) is 4.79 Å². The molecule has 0 fully saturated rings. The minimum Gasteiger partial charge on any atom is -0.493 e. The van der Waals surface area contributed by atoms with Crippen LogP contribution >= 0.6 is 0 Å². The normalized spacial score (nSPS) is 10.5. The lowest BCUT2D eigenvalue weighted by molar-refractivity contribution is 0.100. The Kier molecular flexibility index (Phi) is 5.22. The zero-order valence-corrected chi connectivity index (χ0v) is 14.8. The van der Waals surface area contributed by atoms with Crippen LogP contribution in [0.1, 0.15) is 15.9 Å². The molecule has 2 aromatic carbocycles. The lowest BCUT2D eigenvalue weighted by Gasteiger charge is -2.15. The Morgan fingerprint density at radius 3 is 2.46 bits per heavy atom. The molecule has 0 spiro atoms. The number of nitrogens with zero attached hydrogens (tertiary/aromatic N) is 1. The number of nitrogens with two attached hydrogens (primary N) is 1. The van der Waals surface area contributed by atoms with Crippen LogP contribution in [-0.2, 0) is 6.42 Å². The molecule has 0 aliphatic carbocycles. The summed E-state index contributed by atoms with van der Waals surface area (Å²) >= 11 is 0. The second-order valence-electron chi connectivity index (χ2n) is 5.80. The van der Waals surface area contributed by atoms with Gasteiger partial charge in [0.15, 0.2) is 11.5 Å². The van der Waals surface area contributed by atoms with Gasteiger partial charge < -0.3 is 20.5 Å². The summed E-state index contributed by atoms with van der Waals surface area (Å²) < 4.78 is 10.7. The number of benzene rings is 2. The van der Waals surface area contributed by atoms with E-state index >= 15 is 0 Å². The third-order valence-corrected chi connectivity index (χ3v) is 4.20. The Bertz CT molecular complexity index is 926. The Hall–Kier alpha value is -3.28. The molecule has 1 heterocycles. The molecule has 0 saturated heterocycles. The summed E-state index contributed by atoms with van der Waals surface area (Å²) in [4.78, 5) is 16.2. The van der Waals surface area contributed by atoms with Gasteiger partial charge in [0.05, 0.1) is 31.0 Å². The van der Waals surface area contributed by atoms with Crippen LogP contribution in [0.25, 0.3) is 10.9 Å². The predicted molar refractivity (Wildman–Crippen MR) is 102 cm³/mol. The highest BCUT2D eigenvalue weighted by Gasteiger charge is 2.16. The third kappa shape index (κ3) is 3.54. The quantitative estimate of drug-likeness (QED) is 0.683. The van der Waals surface area contributed by atoms with Gasteiger partial charge in [0, 0.05) is 24.2 Å². The molecule has 3 N–H and O–H groups in total. The smallest absolute Gasteiger partial charge is 0.252 e. The Labute approximate surface area is 151 Å². The third-order valence-electron chi connectivity index (χ3n) is 4.20. The highest BCUT2D eigenvalue weighted by Crippen LogP contribution is 2.35. The number of pyridine rings is 1. The summed E-state index contributed by atoms with van der Waals surface area (Å²) in [5.41, 5.74) is 8.43. The fourth-order valence-corrected chi connectivity index (χ4v) is 2.87. The van der Waals surface area contributed by atoms with Gasteiger partial charge in [-0.1, -0.05) is 30.3 Å². The van der Waals surface area contributed by atoms with E-state index < -0.39 is 5.91 Å². The van der Waals surface area contributed by atoms with Gasteiger partial charge in [0.1, 0.15) is 0 Å². The first-order valence-electron chi connectivity index (χ1n) is 8.26. The van der Waals surface area contributed by atoms with E-state index in [0.29, 0.717) is 34.8 Å². The van der Waals surface area contributed by atoms with Gasteiger partial charge in [-0.25, -0.2) is 0 Å². The van der Waals surface area contributed by atoms with Gasteiger partial charge in [0.25, 0.3) is 5.91 Å². The number of methoxy groups -OCH3 is 2. The molecule has 6 nitrogen and oxygen atoms in total. The molecule has 1 amide bonds. The number of nitrogens with one attached hydrogen (secondary N) is 1. The van der Waals surface area contributed by atoms with E-state index in [1.165, 1.54) is 11.8 Å². The van der Waals surface area contributed by atoms with Crippen molar-refractivity contribution < 1.29 is 14.3 Å². The number of hydrogen-bond acceptors (Lipinski definition) is 5. The summed E-state index contributed by atoms with van der Waals surface area (Å²) in [5, 5.41) is 4.09. The Morgan fingerprint density at radius 2 is 1.81 bits per heavy atom. The van der Waals surface area contributed by atoms with Gasteiger partial charge in [-0.2, -0.15) is 0 Å². The largest absolute Gasteiger partial charge is 0.493 e. The van der Waals surface area contributed by atoms with Crippen molar-refractivity contribution in [3.05, 3.63) is 59.8 Å². The van der Waals surface area contributed by atoms with E-state index in [0.717, 1.165) is 11.8 Å². The molecule has 3 aromatic rings. The molecule has 134 valence electrons. The summed E-state index contributed by atoms with van der Waals surface area (Å²) in [5.74, 6) is 0.612. The minimum absolute atomic E-state index is 0.345. The molecule has 26 heavy (non-hydrogen) atoms. The van der Waals surface area contributed by atoms with Crippen LogP contribution in [0.4, 0.5) is 5.69 Å². The average molecular weight is 351 g/mol. The monoisotopic (exact) mass is 351 g/mol. The summed E-state index contributed by atoms with van der Waals surface area (Å²) in [6.45, 7) is 0.651. The van der Waals surface area contributed by atoms with Crippen molar-refractivity contribution in [3.8, 4) is 11.5 Å². The molecule has 0 unspecified atom stereocenters. The van der Waals surface area contributed by atoms with Crippen LogP contribution in [-0.4, -0.2) is 31.7 Å². The van der Waals surface area contributed by atoms with E-state index in [1.807, 2.05) is 18.2 Å². The van der Waals surface area contributed by atoms with Gasteiger partial charge in [0.2, 0.25) is 0 Å². The maximum atomic E-state index is 11.9. The first-order valence-corrected chi connectivity index (χ1v) is 8.26. The maximum absolute atomic E-state index is 11.9. The van der Waals surface area contributed by atoms with E-state index in [4.69, 9.17) is 15.2 Å². The first-order chi connectivity index (χ1) is 12.6. The number of anilines is 1. The SMILES string of the molecule is COc1cc2ncc(C(N)=O)c(NCCc3ccccc3)c2cc1OC. The van der Waals surface area contributed by atoms with Crippen molar-refractivity contribution in [1.29, 1.82) is 0 Å². The van der Waals surface area contributed by atoms with Crippen LogP contribution in [0.3, 0.4) is 0 Å². The molecule has 0 saturated carbocycles. The van der Waals surface area contributed by atoms with Crippen LogP contribution in [0.15, 0.2) is 48.7 Å². The van der Waals surface area contributed by atoms with E-state index in [-0.39, 0.29) is 0 Å². The molecule has 0 radical (unpaired) electrons. The molecule has 0 aliphatic heterocycles. The number of ether oxygens (including phenoxy) is 2. The first kappa shape index (κ1) is 17.5. The lowest BCUT2D eigenvalue weighted by atomic mass is 10.1. The zero-order valence-electron chi connectivity index (χ0n) is 14.8. The molecular formula is C20H21N3O3. The Morgan fingerprint density at radius 1 is 1.12 bits per heavy atom. The van der Waals surface area contributed by atoms with Crippen molar-refractivity contribution in [2.75, 3.05) is 26.1 Å². The van der Waals surface area contributed by atoms with Crippen LogP contribution < -0.4 is 20.5 Å². The van der Waals surface area contributed by atoms with Crippen molar-refractivity contribution in [2.45, 2.75) is 6.42 Å². The number of carbonyl (C=O) groups is 1. The predicted octanol–water partition coefficient (Wildman–Crippen LogP) is 3.01. The summed E-state index contributed by atoms with van der Waals surface area (Å²) in [6.07, 6.45) is 2.30. The molecule has 0 aliphatic rings. The van der Waals surface area contributed by atoms with Crippen molar-refractivity contribution >= 4 is 22.5 Å². The topological polar surface area (TPSA) is 86.5 Å². The lowest BCUT2D eigenvalue weighted by Crippen LogP contribution is -2.16. The van der Waals surface area contributed by atoms with Crippen LogP contribution in [0.2, 0.25) is 0 Å². The second-order valence-corrected chi connectivity index (χ2v) is 5.80. The zero-order chi connectivity index (χ0) is 18.5. The standard InChI is InChI=1S/C20H21N3O3/c1-25-17-10-14-16(11-18(17)26-2)23-12-15(20(21)24)19(14)22-9-8-13-6-4-3-5-7-13/h3-7,10-12H,8-9H2,1-2H3,(H2,21,24)(H,22,23). The number of amides is 1. The molecule has 0 bridgehead atoms. The van der Waals surface area contributed by atoms with Crippen molar-refractivity contribution in [1.82, 2.24) is 4.98 Å². The van der Waals surface area contributed by atoms with Gasteiger partial charge in [-0.05, 0) is 18.1 Å². The number of primary amides is 1. The van der Waals surface area contributed by atoms with Crippen LogP contribution in [0, 0.1) is 0 Å². The van der Waals surface area contributed by atoms with Crippen molar-refractivity contribution in [3.63, 3.8) is 0 Å². The fraction of sp³-hybridized carbons (Fsp3) is 0.200. The fourth-order valence-electron chi connectivity index (χ4n) is 2.87. The molecule has 0 atom stereocenters. The number of fused-ring (bicyclic) bond motifs is 1. The number of hydrogen-bond donors (Lipinski definition) is 2. The van der Waals surface area contributed by atoms with Crippen molar-refractivity contribution in [2.24, 2.45) is 5.73 Å². The highest BCUT2D eigenvalue weighted by molar-refractivity contribution is 6.07. The van der Waals surface area contributed by atoms with E-state index in [1.54, 1.807) is 26.4 Å². The molecule has 1 aromatic heterocycles. The molecule has 6 heteroatoms. The van der Waals surface area contributed by atoms with Crippen LogP contribution in [0.5, 0.6) is 11.5 Å². The van der Waals surface area contributed by atoms with E-state index in [2.05, 4.69) is 22.4 Å². The number of aromatic nitrogens is 1. The number of carbonyl (C=O) groups excluding carboxylic acids is 1. The Balaban J connectivity index is 1.99. The number of rotatable bonds is 7. The average Bonchev–Trinajstić information content (AvgIpc) is 2.67. The molecular weight excluding hydrogens is 330 g/mol. The minimum atomic E-state index is -0.531. The maximum Gasteiger partial charge on any atom is 0.252 e. The summed E-state index contributed by atoms with van der Waals surface area (Å²) in [6, 6.07) is 13.7.